The molecule has 1 fully saturated rings. The summed E-state index contributed by atoms with van der Waals surface area (Å²) in [6, 6.07) is 8.07. The van der Waals surface area contributed by atoms with Crippen LogP contribution >= 0.6 is 0 Å². The number of para-hydroxylation sites is 1. The first-order valence-corrected chi connectivity index (χ1v) is 5.14. The maximum absolute atomic E-state index is 6.32. The van der Waals surface area contributed by atoms with Crippen molar-refractivity contribution in [2.24, 2.45) is 11.7 Å². The molecule has 0 amide bonds. The van der Waals surface area contributed by atoms with Gasteiger partial charge in [0.25, 0.3) is 0 Å². The monoisotopic (exact) mass is 191 g/mol. The van der Waals surface area contributed by atoms with Crippen LogP contribution in [-0.4, -0.2) is 7.11 Å². The molecule has 2 N–H and O–H groups in total. The minimum absolute atomic E-state index is 0.124. The van der Waals surface area contributed by atoms with Gasteiger partial charge in [-0.05, 0) is 18.4 Å². The van der Waals surface area contributed by atoms with E-state index in [1.165, 1.54) is 0 Å². The van der Waals surface area contributed by atoms with E-state index in [-0.39, 0.29) is 5.54 Å². The highest BCUT2D eigenvalue weighted by Crippen LogP contribution is 2.53. The molecule has 0 radical (unpaired) electrons. The van der Waals surface area contributed by atoms with E-state index >= 15 is 0 Å². The summed E-state index contributed by atoms with van der Waals surface area (Å²) in [5, 5.41) is 0. The van der Waals surface area contributed by atoms with Gasteiger partial charge < -0.3 is 10.5 Å². The Hall–Kier alpha value is -1.02. The van der Waals surface area contributed by atoms with Gasteiger partial charge in [-0.2, -0.15) is 0 Å². The molecule has 1 aliphatic rings. The van der Waals surface area contributed by atoms with Crippen LogP contribution in [0.5, 0.6) is 5.75 Å². The molecule has 0 bridgehead atoms. The Bertz CT molecular complexity index is 337. The first-order valence-electron chi connectivity index (χ1n) is 5.14. The molecule has 2 atom stereocenters. The summed E-state index contributed by atoms with van der Waals surface area (Å²) >= 11 is 0. The maximum Gasteiger partial charge on any atom is 0.123 e. The predicted molar refractivity (Wildman–Crippen MR) is 57.3 cm³/mol. The molecule has 1 aliphatic carbocycles. The lowest BCUT2D eigenvalue weighted by Gasteiger charge is -2.15. The highest BCUT2D eigenvalue weighted by atomic mass is 16.5. The number of nitrogens with two attached hydrogens (primary N) is 1. The summed E-state index contributed by atoms with van der Waals surface area (Å²) in [7, 11) is 1.70. The van der Waals surface area contributed by atoms with Crippen LogP contribution in [0.15, 0.2) is 24.3 Å². The summed E-state index contributed by atoms with van der Waals surface area (Å²) in [4.78, 5) is 0. The third-order valence-electron chi connectivity index (χ3n) is 3.25. The Morgan fingerprint density at radius 2 is 2.21 bits per heavy atom. The summed E-state index contributed by atoms with van der Waals surface area (Å²) in [5.41, 5.74) is 7.36. The Labute approximate surface area is 85.1 Å². The van der Waals surface area contributed by atoms with E-state index < -0.39 is 0 Å². The zero-order chi connectivity index (χ0) is 10.2. The lowest BCUT2D eigenvalue weighted by Crippen LogP contribution is -2.22. The van der Waals surface area contributed by atoms with E-state index in [9.17, 15) is 0 Å². The average Bonchev–Trinajstić information content (AvgIpc) is 2.91. The van der Waals surface area contributed by atoms with E-state index in [0.29, 0.717) is 5.92 Å². The lowest BCUT2D eigenvalue weighted by atomic mass is 10.0. The van der Waals surface area contributed by atoms with Gasteiger partial charge in [-0.1, -0.05) is 31.5 Å². The van der Waals surface area contributed by atoms with E-state index in [2.05, 4.69) is 13.0 Å². The quantitative estimate of drug-likeness (QED) is 0.795. The second-order valence-corrected chi connectivity index (χ2v) is 4.05. The number of benzene rings is 1. The zero-order valence-electron chi connectivity index (χ0n) is 8.79. The predicted octanol–water partition coefficient (Wildman–Crippen LogP) is 2.28. The van der Waals surface area contributed by atoms with Crippen molar-refractivity contribution in [3.8, 4) is 5.75 Å². The normalized spacial score (nSPS) is 30.1. The smallest absolute Gasteiger partial charge is 0.123 e. The Balaban J connectivity index is 2.33. The van der Waals surface area contributed by atoms with Gasteiger partial charge in [-0.25, -0.2) is 0 Å². The van der Waals surface area contributed by atoms with Crippen molar-refractivity contribution >= 4 is 0 Å². The van der Waals surface area contributed by atoms with Crippen LogP contribution < -0.4 is 10.5 Å². The SMILES string of the molecule is CCC1CC1(N)c1ccccc1OC. The van der Waals surface area contributed by atoms with Crippen molar-refractivity contribution in [1.82, 2.24) is 0 Å². The second-order valence-electron chi connectivity index (χ2n) is 4.05. The van der Waals surface area contributed by atoms with Crippen molar-refractivity contribution in [3.63, 3.8) is 0 Å². The molecule has 0 aliphatic heterocycles. The molecule has 1 saturated carbocycles. The molecule has 0 spiro atoms. The molecule has 2 rings (SSSR count). The number of hydrogen-bond acceptors (Lipinski definition) is 2. The second kappa shape index (κ2) is 3.28. The Kier molecular flexibility index (Phi) is 2.23. The van der Waals surface area contributed by atoms with Gasteiger partial charge in [0, 0.05) is 11.1 Å². The lowest BCUT2D eigenvalue weighted by molar-refractivity contribution is 0.401. The summed E-state index contributed by atoms with van der Waals surface area (Å²) in [6.07, 6.45) is 2.23. The van der Waals surface area contributed by atoms with Crippen molar-refractivity contribution in [2.45, 2.75) is 25.3 Å². The van der Waals surface area contributed by atoms with Crippen molar-refractivity contribution in [3.05, 3.63) is 29.8 Å². The van der Waals surface area contributed by atoms with Gasteiger partial charge in [-0.15, -0.1) is 0 Å². The molecule has 2 heteroatoms. The Morgan fingerprint density at radius 1 is 1.50 bits per heavy atom. The number of rotatable bonds is 3. The van der Waals surface area contributed by atoms with Crippen LogP contribution in [0.3, 0.4) is 0 Å². The molecule has 2 unspecified atom stereocenters. The zero-order valence-corrected chi connectivity index (χ0v) is 8.79. The van der Waals surface area contributed by atoms with Crippen molar-refractivity contribution in [1.29, 1.82) is 0 Å². The van der Waals surface area contributed by atoms with Crippen LogP contribution in [-0.2, 0) is 5.54 Å². The molecule has 0 aromatic heterocycles. The molecule has 1 aromatic carbocycles. The molecule has 2 nitrogen and oxygen atoms in total. The van der Waals surface area contributed by atoms with E-state index in [0.717, 1.165) is 24.2 Å². The van der Waals surface area contributed by atoms with Crippen LogP contribution in [0, 0.1) is 5.92 Å². The topological polar surface area (TPSA) is 35.2 Å². The van der Waals surface area contributed by atoms with Gasteiger partial charge in [0.1, 0.15) is 5.75 Å². The highest BCUT2D eigenvalue weighted by Gasteiger charge is 2.52. The molecule has 0 heterocycles. The van der Waals surface area contributed by atoms with E-state index in [1.54, 1.807) is 7.11 Å². The number of hydrogen-bond donors (Lipinski definition) is 1. The average molecular weight is 191 g/mol. The standard InChI is InChI=1S/C12H17NO/c1-3-9-8-12(9,13)10-6-4-5-7-11(10)14-2/h4-7,9H,3,8,13H2,1-2H3. The number of ether oxygens (including phenoxy) is 1. The fourth-order valence-corrected chi connectivity index (χ4v) is 2.22. The first kappa shape index (κ1) is 9.53. The van der Waals surface area contributed by atoms with Gasteiger partial charge >= 0.3 is 0 Å². The summed E-state index contributed by atoms with van der Waals surface area (Å²) in [6.45, 7) is 2.19. The van der Waals surface area contributed by atoms with Gasteiger partial charge in [0.2, 0.25) is 0 Å². The molecule has 1 aromatic rings. The minimum Gasteiger partial charge on any atom is -0.496 e. The maximum atomic E-state index is 6.32. The van der Waals surface area contributed by atoms with Crippen LogP contribution in [0.2, 0.25) is 0 Å². The van der Waals surface area contributed by atoms with Crippen molar-refractivity contribution < 1.29 is 4.74 Å². The van der Waals surface area contributed by atoms with Crippen LogP contribution in [0.25, 0.3) is 0 Å². The molecule has 76 valence electrons. The number of methoxy groups -OCH3 is 1. The third-order valence-corrected chi connectivity index (χ3v) is 3.25. The van der Waals surface area contributed by atoms with Crippen molar-refractivity contribution in [2.75, 3.05) is 7.11 Å². The first-order chi connectivity index (χ1) is 6.72. The molecular weight excluding hydrogens is 174 g/mol. The minimum atomic E-state index is -0.124. The van der Waals surface area contributed by atoms with Gasteiger partial charge in [-0.3, -0.25) is 0 Å². The van der Waals surface area contributed by atoms with Gasteiger partial charge in [0.05, 0.1) is 7.11 Å². The molecular formula is C12H17NO. The third kappa shape index (κ3) is 1.30. The van der Waals surface area contributed by atoms with Crippen LogP contribution in [0.4, 0.5) is 0 Å². The van der Waals surface area contributed by atoms with E-state index in [4.69, 9.17) is 10.5 Å². The Morgan fingerprint density at radius 3 is 2.79 bits per heavy atom. The largest absolute Gasteiger partial charge is 0.496 e. The van der Waals surface area contributed by atoms with Crippen LogP contribution in [0.1, 0.15) is 25.3 Å². The summed E-state index contributed by atoms with van der Waals surface area (Å²) in [5.74, 6) is 1.55. The highest BCUT2D eigenvalue weighted by molar-refractivity contribution is 5.43. The fourth-order valence-electron chi connectivity index (χ4n) is 2.22. The fraction of sp³-hybridized carbons (Fsp3) is 0.500. The van der Waals surface area contributed by atoms with E-state index in [1.807, 2.05) is 18.2 Å². The molecule has 14 heavy (non-hydrogen) atoms. The molecule has 0 saturated heterocycles. The van der Waals surface area contributed by atoms with Gasteiger partial charge in [0.15, 0.2) is 0 Å². The summed E-state index contributed by atoms with van der Waals surface area (Å²) < 4.78 is 5.32.